The second kappa shape index (κ2) is 5.51. The molecule has 2 aromatic heterocycles. The highest BCUT2D eigenvalue weighted by atomic mass is 16.3. The summed E-state index contributed by atoms with van der Waals surface area (Å²) in [7, 11) is 1.94. The molecule has 1 N–H and O–H groups in total. The Labute approximate surface area is 118 Å². The van der Waals surface area contributed by atoms with E-state index in [1.807, 2.05) is 37.0 Å². The third-order valence-corrected chi connectivity index (χ3v) is 3.55. The predicted octanol–water partition coefficient (Wildman–Crippen LogP) is 2.81. The van der Waals surface area contributed by atoms with Crippen molar-refractivity contribution in [2.24, 2.45) is 7.05 Å². The van der Waals surface area contributed by atoms with Crippen molar-refractivity contribution in [3.05, 3.63) is 53.5 Å². The summed E-state index contributed by atoms with van der Waals surface area (Å²) in [4.78, 5) is 0. The fraction of sp³-hybridized carbons (Fsp3) is 0.312. The van der Waals surface area contributed by atoms with Crippen LogP contribution in [0.2, 0.25) is 0 Å². The first-order valence-electron chi connectivity index (χ1n) is 6.89. The van der Waals surface area contributed by atoms with Crippen molar-refractivity contribution < 1.29 is 4.42 Å². The minimum absolute atomic E-state index is 0.836. The maximum Gasteiger partial charge on any atom is 0.134 e. The summed E-state index contributed by atoms with van der Waals surface area (Å²) < 4.78 is 7.60. The summed E-state index contributed by atoms with van der Waals surface area (Å²) in [5.41, 5.74) is 3.48. The van der Waals surface area contributed by atoms with Crippen LogP contribution in [0.4, 0.5) is 0 Å². The number of aromatic nitrogens is 2. The molecular weight excluding hydrogens is 250 g/mol. The van der Waals surface area contributed by atoms with Crippen molar-refractivity contribution in [1.82, 2.24) is 15.1 Å². The van der Waals surface area contributed by atoms with E-state index in [0.29, 0.717) is 0 Å². The molecule has 0 saturated carbocycles. The second-order valence-electron chi connectivity index (χ2n) is 5.08. The van der Waals surface area contributed by atoms with Crippen LogP contribution < -0.4 is 5.32 Å². The van der Waals surface area contributed by atoms with Gasteiger partial charge in [-0.05, 0) is 31.5 Å². The average molecular weight is 269 g/mol. The van der Waals surface area contributed by atoms with Crippen LogP contribution in [-0.2, 0) is 20.0 Å². The van der Waals surface area contributed by atoms with Crippen LogP contribution in [0.1, 0.15) is 16.9 Å². The van der Waals surface area contributed by atoms with E-state index >= 15 is 0 Å². The summed E-state index contributed by atoms with van der Waals surface area (Å²) in [6.07, 6.45) is 4.96. The minimum Gasteiger partial charge on any atom is -0.461 e. The van der Waals surface area contributed by atoms with Crippen molar-refractivity contribution in [3.8, 4) is 0 Å². The molecule has 0 atom stereocenters. The number of para-hydroxylation sites is 1. The van der Waals surface area contributed by atoms with Gasteiger partial charge in [-0.1, -0.05) is 18.2 Å². The Kier molecular flexibility index (Phi) is 3.56. The highest BCUT2D eigenvalue weighted by Gasteiger charge is 2.09. The SMILES string of the molecule is Cc1oc2ccccc2c1CNCCc1cnn(C)c1. The molecule has 20 heavy (non-hydrogen) atoms. The molecule has 0 fully saturated rings. The summed E-state index contributed by atoms with van der Waals surface area (Å²) in [6.45, 7) is 3.80. The molecule has 0 amide bonds. The summed E-state index contributed by atoms with van der Waals surface area (Å²) in [5.74, 6) is 1.00. The number of hydrogen-bond acceptors (Lipinski definition) is 3. The van der Waals surface area contributed by atoms with Gasteiger partial charge in [0.05, 0.1) is 6.20 Å². The number of fused-ring (bicyclic) bond motifs is 1. The predicted molar refractivity (Wildman–Crippen MR) is 79.6 cm³/mol. The highest BCUT2D eigenvalue weighted by molar-refractivity contribution is 5.82. The number of furan rings is 1. The minimum atomic E-state index is 0.836. The molecule has 2 heterocycles. The lowest BCUT2D eigenvalue weighted by molar-refractivity contribution is 0.565. The molecule has 3 rings (SSSR count). The number of benzene rings is 1. The monoisotopic (exact) mass is 269 g/mol. The Morgan fingerprint density at radius 3 is 2.95 bits per heavy atom. The first-order chi connectivity index (χ1) is 9.74. The highest BCUT2D eigenvalue weighted by Crippen LogP contribution is 2.24. The van der Waals surface area contributed by atoms with Crippen LogP contribution in [-0.4, -0.2) is 16.3 Å². The third-order valence-electron chi connectivity index (χ3n) is 3.55. The van der Waals surface area contributed by atoms with E-state index in [2.05, 4.69) is 28.7 Å². The van der Waals surface area contributed by atoms with Crippen LogP contribution in [0.25, 0.3) is 11.0 Å². The Balaban J connectivity index is 1.61. The Morgan fingerprint density at radius 2 is 2.15 bits per heavy atom. The number of nitrogens with zero attached hydrogens (tertiary/aromatic N) is 2. The van der Waals surface area contributed by atoms with E-state index < -0.39 is 0 Å². The van der Waals surface area contributed by atoms with Gasteiger partial charge in [0, 0.05) is 30.7 Å². The van der Waals surface area contributed by atoms with Crippen LogP contribution in [0, 0.1) is 6.92 Å². The topological polar surface area (TPSA) is 43.0 Å². The van der Waals surface area contributed by atoms with Gasteiger partial charge in [-0.3, -0.25) is 4.68 Å². The van der Waals surface area contributed by atoms with Crippen molar-refractivity contribution in [2.45, 2.75) is 19.9 Å². The molecule has 4 nitrogen and oxygen atoms in total. The van der Waals surface area contributed by atoms with Crippen molar-refractivity contribution in [1.29, 1.82) is 0 Å². The van der Waals surface area contributed by atoms with Gasteiger partial charge in [-0.25, -0.2) is 0 Å². The van der Waals surface area contributed by atoms with Gasteiger partial charge in [-0.2, -0.15) is 5.10 Å². The molecule has 0 aliphatic rings. The molecule has 0 spiro atoms. The van der Waals surface area contributed by atoms with Gasteiger partial charge < -0.3 is 9.73 Å². The van der Waals surface area contributed by atoms with Crippen molar-refractivity contribution >= 4 is 11.0 Å². The summed E-state index contributed by atoms with van der Waals surface area (Å²) in [6, 6.07) is 8.19. The molecule has 0 saturated heterocycles. The largest absolute Gasteiger partial charge is 0.461 e. The number of nitrogens with one attached hydrogen (secondary N) is 1. The number of aryl methyl sites for hydroxylation is 2. The first kappa shape index (κ1) is 12.9. The maximum atomic E-state index is 5.76. The first-order valence-corrected chi connectivity index (χ1v) is 6.89. The molecular formula is C16H19N3O. The molecule has 0 aliphatic heterocycles. The molecule has 0 bridgehead atoms. The quantitative estimate of drug-likeness (QED) is 0.724. The Morgan fingerprint density at radius 1 is 1.30 bits per heavy atom. The number of rotatable bonds is 5. The van der Waals surface area contributed by atoms with Gasteiger partial charge in [-0.15, -0.1) is 0 Å². The van der Waals surface area contributed by atoms with Crippen molar-refractivity contribution in [3.63, 3.8) is 0 Å². The van der Waals surface area contributed by atoms with E-state index in [1.54, 1.807) is 0 Å². The molecule has 0 radical (unpaired) electrons. The fourth-order valence-corrected chi connectivity index (χ4v) is 2.49. The zero-order valence-electron chi connectivity index (χ0n) is 11.9. The van der Waals surface area contributed by atoms with E-state index in [-0.39, 0.29) is 0 Å². The summed E-state index contributed by atoms with van der Waals surface area (Å²) >= 11 is 0. The molecule has 104 valence electrons. The lowest BCUT2D eigenvalue weighted by atomic mass is 10.1. The van der Waals surface area contributed by atoms with Crippen LogP contribution in [0.3, 0.4) is 0 Å². The fourth-order valence-electron chi connectivity index (χ4n) is 2.49. The van der Waals surface area contributed by atoms with Crippen LogP contribution in [0.5, 0.6) is 0 Å². The van der Waals surface area contributed by atoms with Crippen molar-refractivity contribution in [2.75, 3.05) is 6.54 Å². The maximum absolute atomic E-state index is 5.76. The van der Waals surface area contributed by atoms with Crippen LogP contribution in [0.15, 0.2) is 41.1 Å². The van der Waals surface area contributed by atoms with Gasteiger partial charge in [0.1, 0.15) is 11.3 Å². The van der Waals surface area contributed by atoms with E-state index in [4.69, 9.17) is 4.42 Å². The van der Waals surface area contributed by atoms with E-state index in [9.17, 15) is 0 Å². The van der Waals surface area contributed by atoms with Crippen LogP contribution >= 0.6 is 0 Å². The smallest absolute Gasteiger partial charge is 0.134 e. The van der Waals surface area contributed by atoms with E-state index in [0.717, 1.165) is 30.9 Å². The molecule has 3 aromatic rings. The van der Waals surface area contributed by atoms with Gasteiger partial charge in [0.25, 0.3) is 0 Å². The Bertz CT molecular complexity index is 711. The zero-order chi connectivity index (χ0) is 13.9. The lowest BCUT2D eigenvalue weighted by Crippen LogP contribution is -2.16. The molecule has 0 aliphatic carbocycles. The molecule has 4 heteroatoms. The number of hydrogen-bond donors (Lipinski definition) is 1. The third kappa shape index (κ3) is 2.60. The van der Waals surface area contributed by atoms with Gasteiger partial charge in [0.2, 0.25) is 0 Å². The van der Waals surface area contributed by atoms with Gasteiger partial charge in [0.15, 0.2) is 0 Å². The Hall–Kier alpha value is -2.07. The van der Waals surface area contributed by atoms with Gasteiger partial charge >= 0.3 is 0 Å². The van der Waals surface area contributed by atoms with E-state index in [1.165, 1.54) is 16.5 Å². The normalized spacial score (nSPS) is 11.3. The summed E-state index contributed by atoms with van der Waals surface area (Å²) in [5, 5.41) is 8.86. The second-order valence-corrected chi connectivity index (χ2v) is 5.08. The molecule has 1 aromatic carbocycles. The standard InChI is InChI=1S/C16H19N3O/c1-12-15(14-5-3-4-6-16(14)20-12)10-17-8-7-13-9-18-19(2)11-13/h3-6,9,11,17H,7-8,10H2,1-2H3. The lowest BCUT2D eigenvalue weighted by Gasteiger charge is -2.03. The zero-order valence-corrected chi connectivity index (χ0v) is 11.9. The molecule has 0 unspecified atom stereocenters. The average Bonchev–Trinajstić information content (AvgIpc) is 2.98.